The number of carbonyl (C=O) groups excluding carboxylic acids is 3. The lowest BCUT2D eigenvalue weighted by atomic mass is 9.48. The Morgan fingerprint density at radius 1 is 0.842 bits per heavy atom. The van der Waals surface area contributed by atoms with Gasteiger partial charge in [0.05, 0.1) is 5.69 Å². The van der Waals surface area contributed by atoms with Crippen LogP contribution in [0, 0.1) is 17.8 Å². The summed E-state index contributed by atoms with van der Waals surface area (Å²) >= 11 is 5.97. The molecule has 1 saturated heterocycles. The van der Waals surface area contributed by atoms with E-state index in [-0.39, 0.29) is 11.0 Å². The van der Waals surface area contributed by atoms with Crippen LogP contribution in [0.15, 0.2) is 70.7 Å². The number of carbonyl (C=O) groups is 3. The molecule has 5 fully saturated rings. The zero-order valence-electron chi connectivity index (χ0n) is 20.8. The van der Waals surface area contributed by atoms with E-state index in [1.54, 1.807) is 24.3 Å². The van der Waals surface area contributed by atoms with E-state index in [1.807, 2.05) is 24.3 Å². The second-order valence-electron chi connectivity index (χ2n) is 11.4. The summed E-state index contributed by atoms with van der Waals surface area (Å²) in [5.41, 5.74) is 2.63. The Balaban J connectivity index is 1.15. The monoisotopic (exact) mass is 526 g/mol. The maximum absolute atomic E-state index is 13.4. The Kier molecular flexibility index (Phi) is 5.38. The Labute approximate surface area is 225 Å². The SMILES string of the molecule is O=C1NC(=O)N(c2ccc(C34CC5CC(CC(C5)C3)C4)cc2)C(=O)/C1=C/c1ccc(-c2ccc(Cl)cc2)o1. The first-order valence-electron chi connectivity index (χ1n) is 13.2. The highest BCUT2D eigenvalue weighted by Crippen LogP contribution is 2.60. The van der Waals surface area contributed by atoms with Gasteiger partial charge in [0.25, 0.3) is 11.8 Å². The molecule has 1 aromatic heterocycles. The number of hydrogen-bond donors (Lipinski definition) is 1. The first kappa shape index (κ1) is 23.5. The van der Waals surface area contributed by atoms with Crippen molar-refractivity contribution in [3.63, 3.8) is 0 Å². The first-order valence-corrected chi connectivity index (χ1v) is 13.6. The number of furan rings is 1. The predicted molar refractivity (Wildman–Crippen MR) is 144 cm³/mol. The number of urea groups is 1. The quantitative estimate of drug-likeness (QED) is 0.302. The van der Waals surface area contributed by atoms with Crippen LogP contribution in [0.5, 0.6) is 0 Å². The third-order valence-corrected chi connectivity index (χ3v) is 9.17. The van der Waals surface area contributed by atoms with Crippen LogP contribution in [-0.2, 0) is 15.0 Å². The number of benzene rings is 2. The normalized spacial score (nSPS) is 29.3. The van der Waals surface area contributed by atoms with E-state index in [1.165, 1.54) is 50.2 Å². The van der Waals surface area contributed by atoms with Crippen molar-refractivity contribution in [2.75, 3.05) is 4.90 Å². The Morgan fingerprint density at radius 3 is 2.11 bits per heavy atom. The van der Waals surface area contributed by atoms with Gasteiger partial charge in [0.15, 0.2) is 0 Å². The summed E-state index contributed by atoms with van der Waals surface area (Å²) in [6.07, 6.45) is 9.22. The summed E-state index contributed by atoms with van der Waals surface area (Å²) in [6, 6.07) is 17.7. The number of amides is 4. The van der Waals surface area contributed by atoms with Crippen molar-refractivity contribution in [3.05, 3.63) is 82.6 Å². The molecule has 1 N–H and O–H groups in total. The van der Waals surface area contributed by atoms with Gasteiger partial charge in [0.1, 0.15) is 17.1 Å². The highest BCUT2D eigenvalue weighted by Gasteiger charge is 2.51. The number of rotatable bonds is 4. The molecule has 3 aromatic rings. The molecule has 0 atom stereocenters. The molecule has 0 radical (unpaired) electrons. The minimum atomic E-state index is -0.749. The zero-order valence-corrected chi connectivity index (χ0v) is 21.5. The molecule has 7 heteroatoms. The minimum Gasteiger partial charge on any atom is -0.457 e. The van der Waals surface area contributed by atoms with Crippen molar-refractivity contribution >= 4 is 41.2 Å². The van der Waals surface area contributed by atoms with Crippen LogP contribution >= 0.6 is 11.6 Å². The van der Waals surface area contributed by atoms with Gasteiger partial charge in [-0.1, -0.05) is 23.7 Å². The summed E-state index contributed by atoms with van der Waals surface area (Å²) in [4.78, 5) is 39.8. The lowest BCUT2D eigenvalue weighted by Gasteiger charge is -2.57. The molecule has 4 bridgehead atoms. The van der Waals surface area contributed by atoms with Crippen LogP contribution in [-0.4, -0.2) is 17.8 Å². The average molecular weight is 527 g/mol. The maximum atomic E-state index is 13.4. The number of imide groups is 2. The first-order chi connectivity index (χ1) is 18.4. The van der Waals surface area contributed by atoms with E-state index in [2.05, 4.69) is 17.4 Å². The number of halogens is 1. The topological polar surface area (TPSA) is 79.6 Å². The van der Waals surface area contributed by atoms with Crippen molar-refractivity contribution < 1.29 is 18.8 Å². The number of barbiturate groups is 1. The molecule has 0 spiro atoms. The van der Waals surface area contributed by atoms with Gasteiger partial charge in [-0.25, -0.2) is 9.69 Å². The van der Waals surface area contributed by atoms with Crippen LogP contribution < -0.4 is 10.2 Å². The van der Waals surface area contributed by atoms with Crippen LogP contribution in [0.1, 0.15) is 49.8 Å². The highest BCUT2D eigenvalue weighted by atomic mass is 35.5. The Morgan fingerprint density at radius 2 is 1.47 bits per heavy atom. The van der Waals surface area contributed by atoms with Crippen molar-refractivity contribution in [2.45, 2.75) is 43.9 Å². The highest BCUT2D eigenvalue weighted by molar-refractivity contribution is 6.39. The van der Waals surface area contributed by atoms with Crippen molar-refractivity contribution in [1.82, 2.24) is 5.32 Å². The van der Waals surface area contributed by atoms with E-state index < -0.39 is 17.8 Å². The fraction of sp³-hybridized carbons (Fsp3) is 0.323. The minimum absolute atomic E-state index is 0.160. The standard InChI is InChI=1S/C31H27ClN2O4/c32-23-5-1-21(2-6-23)27-10-9-25(38-27)14-26-28(35)33-30(37)34(29(26)36)24-7-3-22(4-8-24)31-15-18-11-19(16-31)13-20(12-18)17-31/h1-10,14,18-20H,11-13,15-17H2,(H,33,35,37)/b26-14+. The number of anilines is 1. The lowest BCUT2D eigenvalue weighted by molar-refractivity contribution is -0.122. The van der Waals surface area contributed by atoms with Gasteiger partial charge in [0.2, 0.25) is 0 Å². The molecule has 2 aromatic carbocycles. The summed E-state index contributed by atoms with van der Waals surface area (Å²) < 4.78 is 5.85. The number of hydrogen-bond acceptors (Lipinski definition) is 4. The number of nitrogens with zero attached hydrogens (tertiary/aromatic N) is 1. The zero-order chi connectivity index (χ0) is 26.0. The van der Waals surface area contributed by atoms with Crippen LogP contribution in [0.2, 0.25) is 5.02 Å². The molecule has 5 aliphatic rings. The van der Waals surface area contributed by atoms with Gasteiger partial charge in [0, 0.05) is 10.6 Å². The molecule has 4 aliphatic carbocycles. The molecule has 1 aliphatic heterocycles. The van der Waals surface area contributed by atoms with E-state index in [9.17, 15) is 14.4 Å². The largest absolute Gasteiger partial charge is 0.457 e. The van der Waals surface area contributed by atoms with Crippen LogP contribution in [0.25, 0.3) is 17.4 Å². The van der Waals surface area contributed by atoms with Gasteiger partial charge in [-0.05, 0) is 122 Å². The molecule has 0 unspecified atom stereocenters. The van der Waals surface area contributed by atoms with Crippen molar-refractivity contribution in [2.24, 2.45) is 17.8 Å². The van der Waals surface area contributed by atoms with Crippen LogP contribution in [0.4, 0.5) is 10.5 Å². The van der Waals surface area contributed by atoms with Crippen molar-refractivity contribution in [1.29, 1.82) is 0 Å². The molecule has 4 amide bonds. The molecule has 192 valence electrons. The van der Waals surface area contributed by atoms with Gasteiger partial charge in [-0.15, -0.1) is 0 Å². The molecular formula is C31H27ClN2O4. The third-order valence-electron chi connectivity index (χ3n) is 8.92. The van der Waals surface area contributed by atoms with Gasteiger partial charge in [-0.3, -0.25) is 14.9 Å². The fourth-order valence-corrected chi connectivity index (χ4v) is 7.79. The fourth-order valence-electron chi connectivity index (χ4n) is 7.66. The second-order valence-corrected chi connectivity index (χ2v) is 11.8. The third kappa shape index (κ3) is 3.90. The molecule has 8 rings (SSSR count). The lowest BCUT2D eigenvalue weighted by Crippen LogP contribution is -2.54. The summed E-state index contributed by atoms with van der Waals surface area (Å²) in [7, 11) is 0. The van der Waals surface area contributed by atoms with E-state index in [0.717, 1.165) is 28.2 Å². The van der Waals surface area contributed by atoms with Crippen LogP contribution in [0.3, 0.4) is 0 Å². The molecule has 38 heavy (non-hydrogen) atoms. The molecule has 4 saturated carbocycles. The second kappa shape index (κ2) is 8.70. The number of nitrogens with one attached hydrogen (secondary N) is 1. The van der Waals surface area contributed by atoms with Gasteiger partial charge >= 0.3 is 6.03 Å². The smallest absolute Gasteiger partial charge is 0.335 e. The van der Waals surface area contributed by atoms with Gasteiger partial charge in [-0.2, -0.15) is 0 Å². The Bertz CT molecular complexity index is 1450. The molecule has 6 nitrogen and oxygen atoms in total. The average Bonchev–Trinajstić information content (AvgIpc) is 3.35. The summed E-state index contributed by atoms with van der Waals surface area (Å²) in [6.45, 7) is 0. The van der Waals surface area contributed by atoms with Crippen molar-refractivity contribution in [3.8, 4) is 11.3 Å². The summed E-state index contributed by atoms with van der Waals surface area (Å²) in [5.74, 6) is 1.98. The van der Waals surface area contributed by atoms with E-state index in [4.69, 9.17) is 16.0 Å². The Hall–Kier alpha value is -3.64. The van der Waals surface area contributed by atoms with E-state index in [0.29, 0.717) is 22.2 Å². The van der Waals surface area contributed by atoms with Gasteiger partial charge < -0.3 is 4.42 Å². The predicted octanol–water partition coefficient (Wildman–Crippen LogP) is 6.73. The summed E-state index contributed by atoms with van der Waals surface area (Å²) in [5, 5.41) is 2.91. The van der Waals surface area contributed by atoms with E-state index >= 15 is 0 Å². The maximum Gasteiger partial charge on any atom is 0.335 e. The molecule has 2 heterocycles. The molecular weight excluding hydrogens is 500 g/mol.